The maximum absolute atomic E-state index is 12.5. The summed E-state index contributed by atoms with van der Waals surface area (Å²) < 4.78 is 3.67. The molecule has 0 unspecified atom stereocenters. The second-order valence-electron chi connectivity index (χ2n) is 6.22. The van der Waals surface area contributed by atoms with Gasteiger partial charge in [0, 0.05) is 46.5 Å². The number of nitrogens with one attached hydrogen (secondary N) is 1. The van der Waals surface area contributed by atoms with Gasteiger partial charge < -0.3 is 19.7 Å². The number of halogens is 1. The molecule has 3 rings (SSSR count). The Bertz CT molecular complexity index is 743. The first-order valence-corrected chi connectivity index (χ1v) is 8.74. The molecule has 0 aromatic carbocycles. The normalized spacial score (nSPS) is 15.0. The van der Waals surface area contributed by atoms with Crippen molar-refractivity contribution in [3.8, 4) is 0 Å². The molecule has 2 aromatic rings. The maximum Gasteiger partial charge on any atom is 0.246 e. The molecular weight excluding hydrogens is 461 g/mol. The third-order valence-electron chi connectivity index (χ3n) is 4.33. The van der Waals surface area contributed by atoms with Crippen molar-refractivity contribution < 1.29 is 4.79 Å². The van der Waals surface area contributed by atoms with Gasteiger partial charge in [-0.1, -0.05) is 0 Å². The lowest BCUT2D eigenvalue weighted by Crippen LogP contribution is -2.55. The third kappa shape index (κ3) is 5.65. The van der Waals surface area contributed by atoms with E-state index < -0.39 is 0 Å². The van der Waals surface area contributed by atoms with Gasteiger partial charge in [-0.25, -0.2) is 0 Å². The molecule has 11 heteroatoms. The second-order valence-corrected chi connectivity index (χ2v) is 6.22. The molecule has 0 saturated carbocycles. The highest BCUT2D eigenvalue weighted by atomic mass is 127. The summed E-state index contributed by atoms with van der Waals surface area (Å²) in [6, 6.07) is 0. The van der Waals surface area contributed by atoms with Crippen molar-refractivity contribution in [3.63, 3.8) is 0 Å². The number of hydrogen-bond acceptors (Lipinski definition) is 5. The fourth-order valence-electron chi connectivity index (χ4n) is 2.96. The molecule has 1 amide bonds. The molecule has 0 bridgehead atoms. The molecule has 1 saturated heterocycles. The van der Waals surface area contributed by atoms with E-state index in [2.05, 4.69) is 25.6 Å². The Morgan fingerprint density at radius 1 is 1.26 bits per heavy atom. The van der Waals surface area contributed by atoms with Crippen LogP contribution in [0.25, 0.3) is 0 Å². The molecule has 2 aromatic heterocycles. The smallest absolute Gasteiger partial charge is 0.246 e. The first-order chi connectivity index (χ1) is 12.7. The van der Waals surface area contributed by atoms with Crippen LogP contribution in [0.15, 0.2) is 30.0 Å². The van der Waals surface area contributed by atoms with E-state index in [0.29, 0.717) is 13.1 Å². The summed E-state index contributed by atoms with van der Waals surface area (Å²) in [5.74, 6) is 0.827. The van der Waals surface area contributed by atoms with Gasteiger partial charge in [0.25, 0.3) is 0 Å². The molecule has 1 N–H and O–H groups in total. The van der Waals surface area contributed by atoms with Crippen LogP contribution >= 0.6 is 24.0 Å². The number of carbonyl (C=O) groups excluding carboxylic acids is 1. The average molecular weight is 487 g/mol. The van der Waals surface area contributed by atoms with Crippen LogP contribution in [0.3, 0.4) is 0 Å². The van der Waals surface area contributed by atoms with E-state index in [0.717, 1.165) is 44.1 Å². The summed E-state index contributed by atoms with van der Waals surface area (Å²) in [4.78, 5) is 20.6. The molecule has 0 aliphatic carbocycles. The fraction of sp³-hybridized carbons (Fsp3) is 0.562. The molecule has 3 heterocycles. The van der Waals surface area contributed by atoms with Crippen LogP contribution in [0, 0.1) is 0 Å². The number of amides is 1. The molecule has 1 aliphatic rings. The topological polar surface area (TPSA) is 96.5 Å². The van der Waals surface area contributed by atoms with Gasteiger partial charge >= 0.3 is 0 Å². The highest BCUT2D eigenvalue weighted by Gasteiger charge is 2.27. The number of unbranched alkanes of at least 4 members (excludes halogenated alkanes) is 1. The number of rotatable bonds is 6. The molecule has 0 atom stereocenters. The number of aromatic nitrogens is 5. The number of guanidine groups is 1. The lowest BCUT2D eigenvalue weighted by Gasteiger charge is -2.35. The van der Waals surface area contributed by atoms with Crippen LogP contribution in [0.1, 0.15) is 12.8 Å². The lowest BCUT2D eigenvalue weighted by atomic mass is 10.3. The summed E-state index contributed by atoms with van der Waals surface area (Å²) in [6.07, 6.45) is 9.04. The second kappa shape index (κ2) is 10.2. The number of anilines is 1. The van der Waals surface area contributed by atoms with Crippen molar-refractivity contribution in [2.45, 2.75) is 19.4 Å². The Morgan fingerprint density at radius 2 is 2.04 bits per heavy atom. The van der Waals surface area contributed by atoms with Crippen molar-refractivity contribution in [3.05, 3.63) is 25.0 Å². The zero-order valence-electron chi connectivity index (χ0n) is 15.7. The quantitative estimate of drug-likeness (QED) is 0.273. The van der Waals surface area contributed by atoms with E-state index >= 15 is 0 Å². The van der Waals surface area contributed by atoms with E-state index in [-0.39, 0.29) is 29.9 Å². The monoisotopic (exact) mass is 487 g/mol. The van der Waals surface area contributed by atoms with Gasteiger partial charge in [0.1, 0.15) is 19.2 Å². The number of carbonyl (C=O) groups is 1. The van der Waals surface area contributed by atoms with Crippen LogP contribution in [0.5, 0.6) is 0 Å². The predicted molar refractivity (Wildman–Crippen MR) is 113 cm³/mol. The summed E-state index contributed by atoms with van der Waals surface area (Å²) in [6.45, 7) is 3.39. The van der Waals surface area contributed by atoms with Gasteiger partial charge in [-0.05, 0) is 12.8 Å². The predicted octanol–water partition coefficient (Wildman–Crippen LogP) is 0.334. The van der Waals surface area contributed by atoms with Crippen molar-refractivity contribution in [2.75, 3.05) is 38.1 Å². The van der Waals surface area contributed by atoms with E-state index in [1.807, 2.05) is 22.7 Å². The number of aliphatic imine (C=N–C) groups is 1. The van der Waals surface area contributed by atoms with Crippen LogP contribution in [0.4, 0.5) is 5.69 Å². The van der Waals surface area contributed by atoms with Crippen LogP contribution in [0.2, 0.25) is 0 Å². The molecule has 148 valence electrons. The molecule has 10 nitrogen and oxygen atoms in total. The van der Waals surface area contributed by atoms with Gasteiger partial charge in [-0.3, -0.25) is 14.5 Å². The highest BCUT2D eigenvalue weighted by molar-refractivity contribution is 14.0. The highest BCUT2D eigenvalue weighted by Crippen LogP contribution is 2.16. The summed E-state index contributed by atoms with van der Waals surface area (Å²) in [7, 11) is 3.59. The minimum absolute atomic E-state index is 0. The summed E-state index contributed by atoms with van der Waals surface area (Å²) in [5, 5.41) is 15.1. The van der Waals surface area contributed by atoms with Gasteiger partial charge in [-0.15, -0.1) is 34.2 Å². The fourth-order valence-corrected chi connectivity index (χ4v) is 2.96. The number of hydrogen-bond donors (Lipinski definition) is 1. The maximum atomic E-state index is 12.5. The summed E-state index contributed by atoms with van der Waals surface area (Å²) >= 11 is 0. The largest absolute Gasteiger partial charge is 0.356 e. The standard InChI is InChI=1S/C16H25N9O.HI/c1-17-16(18-5-3-4-6-23-12-19-20-13-23)24-7-8-25(15(26)11-24)14-9-21-22(2)10-14;/h9-10,12-13H,3-8,11H2,1-2H3,(H,17,18);1H. The van der Waals surface area contributed by atoms with E-state index in [1.54, 1.807) is 35.5 Å². The number of aryl methyl sites for hydroxylation is 2. The zero-order chi connectivity index (χ0) is 18.4. The Balaban J connectivity index is 0.00000261. The Labute approximate surface area is 175 Å². The van der Waals surface area contributed by atoms with Crippen molar-refractivity contribution >= 4 is 41.5 Å². The minimum Gasteiger partial charge on any atom is -0.356 e. The molecule has 27 heavy (non-hydrogen) atoms. The third-order valence-corrected chi connectivity index (χ3v) is 4.33. The van der Waals surface area contributed by atoms with Gasteiger partial charge in [0.2, 0.25) is 5.91 Å². The van der Waals surface area contributed by atoms with Crippen molar-refractivity contribution in [2.24, 2.45) is 12.0 Å². The summed E-state index contributed by atoms with van der Waals surface area (Å²) in [5.41, 5.74) is 0.842. The molecule has 0 spiro atoms. The van der Waals surface area contributed by atoms with Crippen LogP contribution in [-0.4, -0.2) is 74.5 Å². The van der Waals surface area contributed by atoms with Crippen molar-refractivity contribution in [1.82, 2.24) is 34.8 Å². The molecule has 1 aliphatic heterocycles. The van der Waals surface area contributed by atoms with Gasteiger partial charge in [-0.2, -0.15) is 5.10 Å². The number of nitrogens with zero attached hydrogens (tertiary/aromatic N) is 8. The van der Waals surface area contributed by atoms with E-state index in [4.69, 9.17) is 0 Å². The Morgan fingerprint density at radius 3 is 2.67 bits per heavy atom. The van der Waals surface area contributed by atoms with Crippen LogP contribution < -0.4 is 10.2 Å². The Hall–Kier alpha value is -2.18. The van der Waals surface area contributed by atoms with Gasteiger partial charge in [0.15, 0.2) is 5.96 Å². The van der Waals surface area contributed by atoms with Gasteiger partial charge in [0.05, 0.1) is 11.9 Å². The molecule has 1 fully saturated rings. The average Bonchev–Trinajstić information content (AvgIpc) is 3.30. The van der Waals surface area contributed by atoms with Crippen LogP contribution in [-0.2, 0) is 18.4 Å². The lowest BCUT2D eigenvalue weighted by molar-refractivity contribution is -0.120. The molecular formula is C16H26IN9O. The first-order valence-electron chi connectivity index (χ1n) is 8.74. The minimum atomic E-state index is 0. The SMILES string of the molecule is CN=C(NCCCCn1cnnc1)N1CCN(c2cnn(C)c2)C(=O)C1.I. The van der Waals surface area contributed by atoms with Crippen molar-refractivity contribution in [1.29, 1.82) is 0 Å². The zero-order valence-corrected chi connectivity index (χ0v) is 18.0. The van der Waals surface area contributed by atoms with E-state index in [9.17, 15) is 4.79 Å². The number of piperazine rings is 1. The molecule has 0 radical (unpaired) electrons. The first kappa shape index (κ1) is 21.1. The van der Waals surface area contributed by atoms with E-state index in [1.165, 1.54) is 0 Å². The Kier molecular flexibility index (Phi) is 8.00.